The van der Waals surface area contributed by atoms with Crippen LogP contribution in [0.4, 0.5) is 5.69 Å². The zero-order chi connectivity index (χ0) is 12.1. The third kappa shape index (κ3) is 3.43. The van der Waals surface area contributed by atoms with Crippen LogP contribution in [0.25, 0.3) is 0 Å². The first-order valence-electron chi connectivity index (χ1n) is 4.44. The van der Waals surface area contributed by atoms with E-state index in [4.69, 9.17) is 17.3 Å². The maximum atomic E-state index is 11.5. The minimum atomic E-state index is -0.525. The van der Waals surface area contributed by atoms with E-state index in [1.54, 1.807) is 0 Å². The van der Waals surface area contributed by atoms with E-state index in [1.165, 1.54) is 25.3 Å². The second kappa shape index (κ2) is 5.37. The van der Waals surface area contributed by atoms with Gasteiger partial charge in [-0.25, -0.2) is 0 Å². The summed E-state index contributed by atoms with van der Waals surface area (Å²) in [6.45, 7) is -0.193. The maximum Gasteiger partial charge on any atom is 0.325 e. The lowest BCUT2D eigenvalue weighted by molar-refractivity contribution is -0.139. The molecule has 0 aliphatic heterocycles. The molecule has 0 unspecified atom stereocenters. The highest BCUT2D eigenvalue weighted by atomic mass is 35.5. The normalized spacial score (nSPS) is 9.62. The maximum absolute atomic E-state index is 11.5. The molecule has 5 nitrogen and oxygen atoms in total. The number of anilines is 1. The Kier molecular flexibility index (Phi) is 4.13. The zero-order valence-electron chi connectivity index (χ0n) is 8.62. The lowest BCUT2D eigenvalue weighted by atomic mass is 10.2. The van der Waals surface area contributed by atoms with Gasteiger partial charge in [-0.15, -0.1) is 0 Å². The summed E-state index contributed by atoms with van der Waals surface area (Å²) in [5.41, 5.74) is 6.21. The molecule has 86 valence electrons. The van der Waals surface area contributed by atoms with Gasteiger partial charge < -0.3 is 15.8 Å². The quantitative estimate of drug-likeness (QED) is 0.608. The summed E-state index contributed by atoms with van der Waals surface area (Å²) >= 11 is 5.73. The molecule has 0 saturated heterocycles. The van der Waals surface area contributed by atoms with Crippen LogP contribution in [0.15, 0.2) is 18.2 Å². The first-order valence-corrected chi connectivity index (χ1v) is 4.82. The van der Waals surface area contributed by atoms with Gasteiger partial charge in [0.05, 0.1) is 7.11 Å². The summed E-state index contributed by atoms with van der Waals surface area (Å²) in [4.78, 5) is 22.3. The van der Waals surface area contributed by atoms with Crippen LogP contribution < -0.4 is 11.1 Å². The van der Waals surface area contributed by atoms with E-state index in [0.717, 1.165) is 0 Å². The molecule has 0 aliphatic carbocycles. The average molecular weight is 243 g/mol. The third-order valence-electron chi connectivity index (χ3n) is 1.80. The standard InChI is InChI=1S/C10H11ClN2O3/c1-16-9(14)5-13-10(15)6-2-7(11)4-8(12)3-6/h2-4H,5,12H2,1H3,(H,13,15). The molecule has 1 aromatic carbocycles. The van der Waals surface area contributed by atoms with Crippen LogP contribution in [0, 0.1) is 0 Å². The molecular weight excluding hydrogens is 232 g/mol. The number of nitrogens with two attached hydrogens (primary N) is 1. The lowest BCUT2D eigenvalue weighted by Gasteiger charge is -2.05. The van der Waals surface area contributed by atoms with E-state index >= 15 is 0 Å². The number of nitrogen functional groups attached to an aromatic ring is 1. The molecule has 3 N–H and O–H groups in total. The van der Waals surface area contributed by atoms with Gasteiger partial charge in [-0.05, 0) is 18.2 Å². The van der Waals surface area contributed by atoms with Gasteiger partial charge in [-0.2, -0.15) is 0 Å². The number of hydrogen-bond donors (Lipinski definition) is 2. The third-order valence-corrected chi connectivity index (χ3v) is 2.02. The predicted octanol–water partition coefficient (Wildman–Crippen LogP) is 0.825. The monoisotopic (exact) mass is 242 g/mol. The van der Waals surface area contributed by atoms with Crippen LogP contribution in [-0.4, -0.2) is 25.5 Å². The van der Waals surface area contributed by atoms with Crippen molar-refractivity contribution in [3.8, 4) is 0 Å². The summed E-state index contributed by atoms with van der Waals surface area (Å²) in [6.07, 6.45) is 0. The second-order valence-corrected chi connectivity index (χ2v) is 3.47. The first kappa shape index (κ1) is 12.3. The molecule has 0 atom stereocenters. The number of nitrogens with one attached hydrogen (secondary N) is 1. The van der Waals surface area contributed by atoms with Crippen LogP contribution in [0.2, 0.25) is 5.02 Å². The van der Waals surface area contributed by atoms with Crippen molar-refractivity contribution in [1.29, 1.82) is 0 Å². The number of ether oxygens (including phenoxy) is 1. The Balaban J connectivity index is 2.69. The Morgan fingerprint density at radius 3 is 2.69 bits per heavy atom. The fraction of sp³-hybridized carbons (Fsp3) is 0.200. The molecule has 1 amide bonds. The Labute approximate surface area is 97.5 Å². The van der Waals surface area contributed by atoms with Crippen LogP contribution in [-0.2, 0) is 9.53 Å². The largest absolute Gasteiger partial charge is 0.468 e. The predicted molar refractivity (Wildman–Crippen MR) is 60.2 cm³/mol. The van der Waals surface area contributed by atoms with Gasteiger partial charge in [0.25, 0.3) is 5.91 Å². The Morgan fingerprint density at radius 2 is 2.12 bits per heavy atom. The molecular formula is C10H11ClN2O3. The van der Waals surface area contributed by atoms with Crippen molar-refractivity contribution in [2.24, 2.45) is 0 Å². The fourth-order valence-electron chi connectivity index (χ4n) is 1.07. The molecule has 1 aromatic rings. The first-order chi connectivity index (χ1) is 7.52. The van der Waals surface area contributed by atoms with Gasteiger partial charge in [0.2, 0.25) is 0 Å². The molecule has 6 heteroatoms. The minimum absolute atomic E-state index is 0.193. The molecule has 0 spiro atoms. The van der Waals surface area contributed by atoms with E-state index in [0.29, 0.717) is 16.3 Å². The number of amides is 1. The highest BCUT2D eigenvalue weighted by Crippen LogP contribution is 2.16. The number of hydrogen-bond acceptors (Lipinski definition) is 4. The zero-order valence-corrected chi connectivity index (χ0v) is 9.38. The summed E-state index contributed by atoms with van der Waals surface area (Å²) < 4.78 is 4.38. The van der Waals surface area contributed by atoms with Gasteiger partial charge in [-0.1, -0.05) is 11.6 Å². The van der Waals surface area contributed by atoms with Gasteiger partial charge >= 0.3 is 5.97 Å². The van der Waals surface area contributed by atoms with Gasteiger partial charge in [-0.3, -0.25) is 9.59 Å². The smallest absolute Gasteiger partial charge is 0.325 e. The van der Waals surface area contributed by atoms with Crippen LogP contribution in [0.1, 0.15) is 10.4 Å². The van der Waals surface area contributed by atoms with Gasteiger partial charge in [0.1, 0.15) is 6.54 Å². The number of esters is 1. The molecule has 16 heavy (non-hydrogen) atoms. The minimum Gasteiger partial charge on any atom is -0.468 e. The highest BCUT2D eigenvalue weighted by molar-refractivity contribution is 6.31. The summed E-state index contributed by atoms with van der Waals surface area (Å²) in [5.74, 6) is -0.956. The van der Waals surface area contributed by atoms with Crippen LogP contribution >= 0.6 is 11.6 Å². The topological polar surface area (TPSA) is 81.4 Å². The molecule has 0 heterocycles. The van der Waals surface area contributed by atoms with Crippen molar-refractivity contribution in [1.82, 2.24) is 5.32 Å². The van der Waals surface area contributed by atoms with E-state index in [9.17, 15) is 9.59 Å². The summed E-state index contributed by atoms with van der Waals surface area (Å²) in [7, 11) is 1.24. The van der Waals surface area contributed by atoms with Crippen molar-refractivity contribution in [2.75, 3.05) is 19.4 Å². The average Bonchev–Trinajstić information content (AvgIpc) is 2.23. The fourth-order valence-corrected chi connectivity index (χ4v) is 1.31. The van der Waals surface area contributed by atoms with Gasteiger partial charge in [0.15, 0.2) is 0 Å². The van der Waals surface area contributed by atoms with E-state index in [1.807, 2.05) is 0 Å². The van der Waals surface area contributed by atoms with Crippen molar-refractivity contribution >= 4 is 29.2 Å². The Morgan fingerprint density at radius 1 is 1.44 bits per heavy atom. The molecule has 0 fully saturated rings. The van der Waals surface area contributed by atoms with Crippen molar-refractivity contribution in [3.63, 3.8) is 0 Å². The molecule has 0 aromatic heterocycles. The Bertz CT molecular complexity index is 400. The highest BCUT2D eigenvalue weighted by Gasteiger charge is 2.09. The number of methoxy groups -OCH3 is 1. The number of halogens is 1. The molecule has 0 saturated carbocycles. The van der Waals surface area contributed by atoms with E-state index in [-0.39, 0.29) is 6.54 Å². The van der Waals surface area contributed by atoms with Crippen LogP contribution in [0.5, 0.6) is 0 Å². The number of carbonyl (C=O) groups excluding carboxylic acids is 2. The Hall–Kier alpha value is -1.75. The van der Waals surface area contributed by atoms with Gasteiger partial charge in [0, 0.05) is 16.3 Å². The van der Waals surface area contributed by atoms with E-state index < -0.39 is 11.9 Å². The van der Waals surface area contributed by atoms with Crippen LogP contribution in [0.3, 0.4) is 0 Å². The number of carbonyl (C=O) groups is 2. The van der Waals surface area contributed by atoms with Crippen molar-refractivity contribution in [3.05, 3.63) is 28.8 Å². The molecule has 0 bridgehead atoms. The summed E-state index contributed by atoms with van der Waals surface area (Å²) in [6, 6.07) is 4.46. The van der Waals surface area contributed by atoms with E-state index in [2.05, 4.69) is 10.1 Å². The number of benzene rings is 1. The molecule has 0 radical (unpaired) electrons. The lowest BCUT2D eigenvalue weighted by Crippen LogP contribution is -2.30. The number of rotatable bonds is 3. The molecule has 0 aliphatic rings. The SMILES string of the molecule is COC(=O)CNC(=O)c1cc(N)cc(Cl)c1. The van der Waals surface area contributed by atoms with Crippen molar-refractivity contribution in [2.45, 2.75) is 0 Å². The summed E-state index contributed by atoms with van der Waals surface area (Å²) in [5, 5.41) is 2.74. The van der Waals surface area contributed by atoms with Crippen molar-refractivity contribution < 1.29 is 14.3 Å². The second-order valence-electron chi connectivity index (χ2n) is 3.03. The molecule has 1 rings (SSSR count).